The number of benzene rings is 2. The molecule has 5 aromatic rings. The second-order valence-corrected chi connectivity index (χ2v) is 5.84. The van der Waals surface area contributed by atoms with Crippen molar-refractivity contribution < 1.29 is 5.11 Å². The fraction of sp³-hybridized carbons (Fsp3) is 0. The molecule has 114 valence electrons. The van der Waals surface area contributed by atoms with Crippen molar-refractivity contribution in [3.8, 4) is 17.1 Å². The zero-order valence-corrected chi connectivity index (χ0v) is 12.3. The van der Waals surface area contributed by atoms with Gasteiger partial charge in [0.05, 0.1) is 10.9 Å². The third-order valence-electron chi connectivity index (χ3n) is 4.43. The van der Waals surface area contributed by atoms with E-state index < -0.39 is 0 Å². The van der Waals surface area contributed by atoms with E-state index in [1.165, 1.54) is 12.1 Å². The van der Waals surface area contributed by atoms with Crippen LogP contribution in [0.25, 0.3) is 44.0 Å². The molecule has 0 spiro atoms. The van der Waals surface area contributed by atoms with Gasteiger partial charge in [0.1, 0.15) is 11.4 Å². The third kappa shape index (κ3) is 1.55. The van der Waals surface area contributed by atoms with Crippen LogP contribution in [0.4, 0.5) is 0 Å². The van der Waals surface area contributed by atoms with Crippen LogP contribution >= 0.6 is 0 Å². The summed E-state index contributed by atoms with van der Waals surface area (Å²) < 4.78 is 0. The number of nitrogens with one attached hydrogen (secondary N) is 1. The molecule has 0 fully saturated rings. The van der Waals surface area contributed by atoms with E-state index in [1.807, 2.05) is 18.2 Å². The highest BCUT2D eigenvalue weighted by Crippen LogP contribution is 2.35. The van der Waals surface area contributed by atoms with E-state index in [9.17, 15) is 14.7 Å². The Bertz CT molecular complexity index is 1350. The van der Waals surface area contributed by atoms with Crippen LogP contribution in [0.15, 0.2) is 58.1 Å². The second-order valence-electron chi connectivity index (χ2n) is 5.84. The predicted octanol–water partition coefficient (Wildman–Crippen LogP) is 2.84. The molecular weight excluding hydrogens is 304 g/mol. The highest BCUT2D eigenvalue weighted by molar-refractivity contribution is 6.08. The lowest BCUT2D eigenvalue weighted by Gasteiger charge is -1.92. The summed E-state index contributed by atoms with van der Waals surface area (Å²) in [4.78, 5) is 31.8. The van der Waals surface area contributed by atoms with Crippen molar-refractivity contribution in [3.63, 3.8) is 0 Å². The minimum Gasteiger partial charge on any atom is -0.505 e. The number of aromatic nitrogens is 2. The first-order valence-electron chi connectivity index (χ1n) is 7.47. The van der Waals surface area contributed by atoms with Gasteiger partial charge in [-0.25, -0.2) is 4.98 Å². The predicted molar refractivity (Wildman–Crippen MR) is 93.1 cm³/mol. The van der Waals surface area contributed by atoms with Gasteiger partial charge in [-0.3, -0.25) is 9.59 Å². The molecule has 0 aliphatic rings. The van der Waals surface area contributed by atoms with Gasteiger partial charge < -0.3 is 10.1 Å². The molecule has 0 aliphatic carbocycles. The van der Waals surface area contributed by atoms with E-state index >= 15 is 0 Å². The summed E-state index contributed by atoms with van der Waals surface area (Å²) in [5.41, 5.74) is 1.33. The van der Waals surface area contributed by atoms with Crippen LogP contribution in [0, 0.1) is 0 Å². The van der Waals surface area contributed by atoms with Crippen LogP contribution in [-0.2, 0) is 0 Å². The summed E-state index contributed by atoms with van der Waals surface area (Å²) in [7, 11) is 0. The molecule has 0 saturated heterocycles. The Kier molecular flexibility index (Phi) is 2.33. The number of H-pyrrole nitrogens is 1. The molecule has 3 aromatic carbocycles. The normalized spacial score (nSPS) is 11.8. The van der Waals surface area contributed by atoms with Gasteiger partial charge in [0.2, 0.25) is 5.43 Å². The Hall–Kier alpha value is -3.47. The van der Waals surface area contributed by atoms with Crippen molar-refractivity contribution in [2.45, 2.75) is 0 Å². The van der Waals surface area contributed by atoms with E-state index in [1.54, 1.807) is 18.2 Å². The van der Waals surface area contributed by atoms with Crippen molar-refractivity contribution in [3.05, 3.63) is 69.0 Å². The topological polar surface area (TPSA) is 83.0 Å². The number of aromatic hydroxyl groups is 1. The van der Waals surface area contributed by atoms with Crippen LogP contribution in [0.3, 0.4) is 0 Å². The summed E-state index contributed by atoms with van der Waals surface area (Å²) in [5.74, 6) is 0.00812. The van der Waals surface area contributed by atoms with Crippen molar-refractivity contribution >= 4 is 32.6 Å². The SMILES string of the molecule is O=c1cc2ccc3c(=O)c(-c4[nH]c5ccccc5c4O)nc3c2c1. The van der Waals surface area contributed by atoms with Crippen molar-refractivity contribution in [1.82, 2.24) is 9.97 Å². The lowest BCUT2D eigenvalue weighted by molar-refractivity contribution is 0.483. The maximum absolute atomic E-state index is 12.7. The van der Waals surface area contributed by atoms with Crippen LogP contribution in [-0.4, -0.2) is 15.1 Å². The van der Waals surface area contributed by atoms with Gasteiger partial charge in [-0.05, 0) is 35.7 Å². The highest BCUT2D eigenvalue weighted by Gasteiger charge is 2.20. The van der Waals surface area contributed by atoms with Gasteiger partial charge in [-0.1, -0.05) is 18.2 Å². The zero-order chi connectivity index (χ0) is 16.4. The Morgan fingerprint density at radius 2 is 1.75 bits per heavy atom. The molecule has 5 nitrogen and oxygen atoms in total. The Balaban J connectivity index is 1.90. The van der Waals surface area contributed by atoms with Crippen LogP contribution in [0.2, 0.25) is 0 Å². The number of aromatic amines is 1. The fourth-order valence-electron chi connectivity index (χ4n) is 3.30. The number of para-hydroxylation sites is 1. The lowest BCUT2D eigenvalue weighted by atomic mass is 10.1. The summed E-state index contributed by atoms with van der Waals surface area (Å²) in [5, 5.41) is 13.0. The fourth-order valence-corrected chi connectivity index (χ4v) is 3.30. The zero-order valence-electron chi connectivity index (χ0n) is 12.3. The molecule has 2 heterocycles. The molecule has 2 aromatic heterocycles. The van der Waals surface area contributed by atoms with E-state index in [4.69, 9.17) is 0 Å². The average molecular weight is 314 g/mol. The maximum atomic E-state index is 12.7. The minimum absolute atomic E-state index is 0.00812. The number of rotatable bonds is 1. The third-order valence-corrected chi connectivity index (χ3v) is 4.43. The maximum Gasteiger partial charge on any atom is 0.215 e. The average Bonchev–Trinajstić information content (AvgIpc) is 3.21. The number of hydrogen-bond donors (Lipinski definition) is 2. The molecule has 0 aliphatic heterocycles. The molecule has 5 heteroatoms. The lowest BCUT2D eigenvalue weighted by Crippen LogP contribution is -1.99. The summed E-state index contributed by atoms with van der Waals surface area (Å²) in [6, 6.07) is 13.7. The Morgan fingerprint density at radius 1 is 0.917 bits per heavy atom. The largest absolute Gasteiger partial charge is 0.505 e. The molecule has 0 amide bonds. The standard InChI is InChI=1S/C19H10N2O3/c22-10-7-9-5-6-12-15(13(9)8-10)21-17(19(12)24)16-18(23)11-3-1-2-4-14(11)20-16/h1-8,20,23H. The Morgan fingerprint density at radius 3 is 2.58 bits per heavy atom. The van der Waals surface area contributed by atoms with Crippen molar-refractivity contribution in [2.75, 3.05) is 0 Å². The molecule has 0 saturated carbocycles. The summed E-state index contributed by atoms with van der Waals surface area (Å²) >= 11 is 0. The monoisotopic (exact) mass is 314 g/mol. The molecular formula is C19H10N2O3. The summed E-state index contributed by atoms with van der Waals surface area (Å²) in [6.07, 6.45) is 0. The van der Waals surface area contributed by atoms with Crippen LogP contribution < -0.4 is 10.9 Å². The first-order chi connectivity index (χ1) is 11.6. The number of fused-ring (bicyclic) bond motifs is 4. The molecule has 0 unspecified atom stereocenters. The smallest absolute Gasteiger partial charge is 0.215 e. The highest BCUT2D eigenvalue weighted by atomic mass is 16.3. The van der Waals surface area contributed by atoms with E-state index in [0.29, 0.717) is 27.4 Å². The minimum atomic E-state index is -0.262. The molecule has 24 heavy (non-hydrogen) atoms. The number of hydrogen-bond acceptors (Lipinski definition) is 4. The van der Waals surface area contributed by atoms with E-state index in [2.05, 4.69) is 9.97 Å². The van der Waals surface area contributed by atoms with Gasteiger partial charge in [-0.2, -0.15) is 0 Å². The van der Waals surface area contributed by atoms with Gasteiger partial charge in [0.25, 0.3) is 0 Å². The van der Waals surface area contributed by atoms with Crippen LogP contribution in [0.5, 0.6) is 5.75 Å². The van der Waals surface area contributed by atoms with Crippen molar-refractivity contribution in [1.29, 1.82) is 0 Å². The molecule has 0 bridgehead atoms. The van der Waals surface area contributed by atoms with Gasteiger partial charge >= 0.3 is 0 Å². The van der Waals surface area contributed by atoms with Crippen LogP contribution in [0.1, 0.15) is 0 Å². The molecule has 0 atom stereocenters. The Labute approximate surface area is 134 Å². The first-order valence-corrected chi connectivity index (χ1v) is 7.47. The number of nitrogens with zero attached hydrogens (tertiary/aromatic N) is 1. The van der Waals surface area contributed by atoms with Gasteiger partial charge in [-0.15, -0.1) is 0 Å². The first kappa shape index (κ1) is 13.0. The second kappa shape index (κ2) is 4.29. The van der Waals surface area contributed by atoms with E-state index in [0.717, 1.165) is 10.9 Å². The summed E-state index contributed by atoms with van der Waals surface area (Å²) in [6.45, 7) is 0. The quantitative estimate of drug-likeness (QED) is 0.498. The van der Waals surface area contributed by atoms with Crippen molar-refractivity contribution in [2.24, 2.45) is 0 Å². The molecule has 5 rings (SSSR count). The molecule has 2 N–H and O–H groups in total. The molecule has 0 radical (unpaired) electrons. The van der Waals surface area contributed by atoms with Gasteiger partial charge in [0, 0.05) is 16.3 Å². The van der Waals surface area contributed by atoms with Gasteiger partial charge in [0.15, 0.2) is 11.2 Å². The van der Waals surface area contributed by atoms with E-state index in [-0.39, 0.29) is 22.3 Å².